The van der Waals surface area contributed by atoms with Crippen LogP contribution in [0.4, 0.5) is 0 Å². The van der Waals surface area contributed by atoms with E-state index < -0.39 is 0 Å². The van der Waals surface area contributed by atoms with Gasteiger partial charge in [0.2, 0.25) is 5.91 Å². The van der Waals surface area contributed by atoms with Gasteiger partial charge in [-0.25, -0.2) is 0 Å². The molecule has 1 unspecified atom stereocenters. The molecule has 0 aliphatic heterocycles. The lowest BCUT2D eigenvalue weighted by Crippen LogP contribution is -2.33. The predicted octanol–water partition coefficient (Wildman–Crippen LogP) is 1.58. The Labute approximate surface area is 88.3 Å². The smallest absolute Gasteiger partial charge is 0.240 e. The monoisotopic (exact) mass is 212 g/mol. The summed E-state index contributed by atoms with van der Waals surface area (Å²) in [6.45, 7) is 4.87. The van der Waals surface area contributed by atoms with Crippen molar-refractivity contribution in [3.05, 3.63) is 21.9 Å². The van der Waals surface area contributed by atoms with Crippen LogP contribution < -0.4 is 11.1 Å². The number of carbonyl (C=O) groups is 1. The van der Waals surface area contributed by atoms with E-state index in [0.29, 0.717) is 0 Å². The van der Waals surface area contributed by atoms with E-state index in [9.17, 15) is 4.79 Å². The van der Waals surface area contributed by atoms with Gasteiger partial charge in [0.15, 0.2) is 0 Å². The van der Waals surface area contributed by atoms with Crippen LogP contribution >= 0.6 is 11.3 Å². The first kappa shape index (κ1) is 11.2. The van der Waals surface area contributed by atoms with E-state index in [0.717, 1.165) is 23.4 Å². The van der Waals surface area contributed by atoms with Gasteiger partial charge in [-0.3, -0.25) is 4.79 Å². The normalized spacial score (nSPS) is 12.7. The Morgan fingerprint density at radius 3 is 2.86 bits per heavy atom. The molecule has 0 radical (unpaired) electrons. The Morgan fingerprint density at radius 2 is 2.43 bits per heavy atom. The highest BCUT2D eigenvalue weighted by Crippen LogP contribution is 2.23. The Hall–Kier alpha value is -0.870. The molecule has 0 bridgehead atoms. The Bertz CT molecular complexity index is 309. The molecule has 3 nitrogen and oxygen atoms in total. The number of rotatable bonds is 5. The molecule has 0 saturated heterocycles. The van der Waals surface area contributed by atoms with Gasteiger partial charge in [-0.05, 0) is 36.9 Å². The van der Waals surface area contributed by atoms with Crippen molar-refractivity contribution in [1.29, 1.82) is 0 Å². The van der Waals surface area contributed by atoms with Crippen molar-refractivity contribution in [2.24, 2.45) is 5.73 Å². The summed E-state index contributed by atoms with van der Waals surface area (Å²) in [5, 5.41) is 5.13. The number of carbonyl (C=O) groups excluding carboxylic acids is 1. The van der Waals surface area contributed by atoms with Gasteiger partial charge in [0.05, 0.1) is 0 Å². The molecule has 1 atom stereocenters. The van der Waals surface area contributed by atoms with Crippen molar-refractivity contribution in [3.63, 3.8) is 0 Å². The summed E-state index contributed by atoms with van der Waals surface area (Å²) in [7, 11) is 0. The third kappa shape index (κ3) is 2.56. The molecule has 14 heavy (non-hydrogen) atoms. The van der Waals surface area contributed by atoms with Crippen molar-refractivity contribution in [2.75, 3.05) is 6.54 Å². The molecule has 0 fully saturated rings. The van der Waals surface area contributed by atoms with Crippen LogP contribution in [0, 0.1) is 6.92 Å². The van der Waals surface area contributed by atoms with Crippen LogP contribution in [-0.4, -0.2) is 12.5 Å². The van der Waals surface area contributed by atoms with E-state index in [1.165, 1.54) is 0 Å². The van der Waals surface area contributed by atoms with Gasteiger partial charge >= 0.3 is 0 Å². The van der Waals surface area contributed by atoms with Crippen LogP contribution in [0.2, 0.25) is 0 Å². The maximum Gasteiger partial charge on any atom is 0.240 e. The van der Waals surface area contributed by atoms with Crippen molar-refractivity contribution >= 4 is 17.2 Å². The molecule has 0 aliphatic rings. The van der Waals surface area contributed by atoms with Gasteiger partial charge in [-0.15, -0.1) is 11.3 Å². The molecule has 1 amide bonds. The average Bonchev–Trinajstić information content (AvgIpc) is 2.52. The maximum absolute atomic E-state index is 11.2. The number of hydrogen-bond acceptors (Lipinski definition) is 3. The quantitative estimate of drug-likeness (QED) is 0.778. The molecule has 78 valence electrons. The first-order chi connectivity index (χ1) is 6.66. The van der Waals surface area contributed by atoms with Crippen LogP contribution in [-0.2, 0) is 4.79 Å². The highest BCUT2D eigenvalue weighted by atomic mass is 32.1. The maximum atomic E-state index is 11.2. The van der Waals surface area contributed by atoms with Crippen molar-refractivity contribution in [2.45, 2.75) is 26.3 Å². The third-order valence-electron chi connectivity index (χ3n) is 2.05. The van der Waals surface area contributed by atoms with Crippen LogP contribution in [0.15, 0.2) is 11.4 Å². The minimum Gasteiger partial charge on any atom is -0.368 e. The summed E-state index contributed by atoms with van der Waals surface area (Å²) in [6, 6.07) is 1.68. The van der Waals surface area contributed by atoms with Crippen LogP contribution in [0.25, 0.3) is 0 Å². The molecule has 1 aromatic rings. The second-order valence-electron chi connectivity index (χ2n) is 3.26. The number of aryl methyl sites for hydroxylation is 1. The second kappa shape index (κ2) is 5.12. The zero-order valence-electron chi connectivity index (χ0n) is 8.54. The molecular formula is C10H16N2OS. The van der Waals surface area contributed by atoms with E-state index in [-0.39, 0.29) is 11.9 Å². The number of primary amides is 1. The van der Waals surface area contributed by atoms with E-state index in [4.69, 9.17) is 5.73 Å². The Kier molecular flexibility index (Phi) is 4.10. The summed E-state index contributed by atoms with van der Waals surface area (Å²) in [4.78, 5) is 12.3. The largest absolute Gasteiger partial charge is 0.368 e. The van der Waals surface area contributed by atoms with Crippen LogP contribution in [0.3, 0.4) is 0 Å². The van der Waals surface area contributed by atoms with Gasteiger partial charge < -0.3 is 11.1 Å². The summed E-state index contributed by atoms with van der Waals surface area (Å²) in [5.74, 6) is -0.302. The van der Waals surface area contributed by atoms with Gasteiger partial charge in [0, 0.05) is 4.88 Å². The number of hydrogen-bond donors (Lipinski definition) is 2. The van der Waals surface area contributed by atoms with E-state index in [2.05, 4.69) is 12.2 Å². The number of nitrogens with two attached hydrogens (primary N) is 1. The molecule has 1 rings (SSSR count). The lowest BCUT2D eigenvalue weighted by Gasteiger charge is -2.14. The lowest BCUT2D eigenvalue weighted by molar-refractivity contribution is -0.120. The van der Waals surface area contributed by atoms with Gasteiger partial charge in [-0.1, -0.05) is 6.92 Å². The topological polar surface area (TPSA) is 55.1 Å². The summed E-state index contributed by atoms with van der Waals surface area (Å²) in [6.07, 6.45) is 0.994. The molecular weight excluding hydrogens is 196 g/mol. The SMILES string of the molecule is CCCNC(C(N)=O)c1sccc1C. The molecule has 1 heterocycles. The molecule has 0 aliphatic carbocycles. The summed E-state index contributed by atoms with van der Waals surface area (Å²) < 4.78 is 0. The zero-order chi connectivity index (χ0) is 10.6. The zero-order valence-corrected chi connectivity index (χ0v) is 9.36. The first-order valence-electron chi connectivity index (χ1n) is 4.73. The minimum absolute atomic E-state index is 0.302. The summed E-state index contributed by atoms with van der Waals surface area (Å²) >= 11 is 1.57. The third-order valence-corrected chi connectivity index (χ3v) is 3.13. The van der Waals surface area contributed by atoms with Crippen LogP contribution in [0.5, 0.6) is 0 Å². The Morgan fingerprint density at radius 1 is 1.71 bits per heavy atom. The van der Waals surface area contributed by atoms with Crippen molar-refractivity contribution < 1.29 is 4.79 Å². The van der Waals surface area contributed by atoms with Crippen LogP contribution in [0.1, 0.15) is 29.8 Å². The van der Waals surface area contributed by atoms with Crippen molar-refractivity contribution in [1.82, 2.24) is 5.32 Å². The Balaban J connectivity index is 2.78. The highest BCUT2D eigenvalue weighted by molar-refractivity contribution is 7.10. The molecule has 0 saturated carbocycles. The molecule has 1 aromatic heterocycles. The van der Waals surface area contributed by atoms with Gasteiger partial charge in [-0.2, -0.15) is 0 Å². The molecule has 0 spiro atoms. The first-order valence-corrected chi connectivity index (χ1v) is 5.61. The standard InChI is InChI=1S/C10H16N2OS/c1-3-5-12-8(10(11)13)9-7(2)4-6-14-9/h4,6,8,12H,3,5H2,1-2H3,(H2,11,13). The molecule has 0 aromatic carbocycles. The predicted molar refractivity (Wildman–Crippen MR) is 59.3 cm³/mol. The van der Waals surface area contributed by atoms with E-state index >= 15 is 0 Å². The number of nitrogens with one attached hydrogen (secondary N) is 1. The minimum atomic E-state index is -0.324. The average molecular weight is 212 g/mol. The fraction of sp³-hybridized carbons (Fsp3) is 0.500. The second-order valence-corrected chi connectivity index (χ2v) is 4.21. The lowest BCUT2D eigenvalue weighted by atomic mass is 10.1. The van der Waals surface area contributed by atoms with Gasteiger partial charge in [0.1, 0.15) is 6.04 Å². The van der Waals surface area contributed by atoms with Crippen molar-refractivity contribution in [3.8, 4) is 0 Å². The highest BCUT2D eigenvalue weighted by Gasteiger charge is 2.19. The van der Waals surface area contributed by atoms with Gasteiger partial charge in [0.25, 0.3) is 0 Å². The summed E-state index contributed by atoms with van der Waals surface area (Å²) in [5.41, 5.74) is 6.47. The number of amides is 1. The fourth-order valence-corrected chi connectivity index (χ4v) is 2.30. The van der Waals surface area contributed by atoms with E-state index in [1.54, 1.807) is 11.3 Å². The number of thiophene rings is 1. The van der Waals surface area contributed by atoms with E-state index in [1.807, 2.05) is 18.4 Å². The fourth-order valence-electron chi connectivity index (χ4n) is 1.29. The molecule has 4 heteroatoms. The molecule has 3 N–H and O–H groups in total.